The maximum Gasteiger partial charge on any atom is 0.268 e. The molecule has 3 aromatic rings. The van der Waals surface area contributed by atoms with Gasteiger partial charge in [0.1, 0.15) is 9.53 Å². The normalized spacial score (nSPS) is 15.1. The zero-order valence-corrected chi connectivity index (χ0v) is 10.2. The summed E-state index contributed by atoms with van der Waals surface area (Å²) in [6, 6.07) is 2.06. The van der Waals surface area contributed by atoms with E-state index in [4.69, 9.17) is 4.74 Å². The van der Waals surface area contributed by atoms with Gasteiger partial charge in [-0.25, -0.2) is 9.97 Å². The lowest BCUT2D eigenvalue weighted by Crippen LogP contribution is -2.11. The molecule has 0 aromatic carbocycles. The minimum Gasteiger partial charge on any atom is -0.376 e. The fraction of sp³-hybridized carbons (Fsp3) is 0.250. The number of aromatic nitrogens is 3. The summed E-state index contributed by atoms with van der Waals surface area (Å²) >= 11 is 1.40. The first-order valence-electron chi connectivity index (χ1n) is 5.69. The van der Waals surface area contributed by atoms with Crippen LogP contribution in [0.1, 0.15) is 11.3 Å². The number of pyridine rings is 1. The second kappa shape index (κ2) is 3.60. The zero-order valence-electron chi connectivity index (χ0n) is 9.40. The number of fused-ring (bicyclic) bond motifs is 4. The van der Waals surface area contributed by atoms with Crippen LogP contribution in [0.4, 0.5) is 0 Å². The average Bonchev–Trinajstić information content (AvgIpc) is 2.76. The summed E-state index contributed by atoms with van der Waals surface area (Å²) in [5.74, 6) is 0. The topological polar surface area (TPSA) is 67.9 Å². The molecule has 90 valence electrons. The Kier molecular flexibility index (Phi) is 2.03. The molecule has 1 aliphatic heterocycles. The van der Waals surface area contributed by atoms with E-state index in [-0.39, 0.29) is 5.56 Å². The van der Waals surface area contributed by atoms with Crippen molar-refractivity contribution in [2.75, 3.05) is 6.61 Å². The maximum absolute atomic E-state index is 11.7. The first kappa shape index (κ1) is 10.2. The fourth-order valence-corrected chi connectivity index (χ4v) is 3.31. The van der Waals surface area contributed by atoms with Gasteiger partial charge in [0.25, 0.3) is 5.56 Å². The first-order valence-corrected chi connectivity index (χ1v) is 6.51. The van der Waals surface area contributed by atoms with E-state index < -0.39 is 0 Å². The molecule has 1 aliphatic rings. The van der Waals surface area contributed by atoms with Crippen molar-refractivity contribution in [2.24, 2.45) is 0 Å². The molecule has 4 rings (SSSR count). The fourth-order valence-electron chi connectivity index (χ4n) is 2.28. The van der Waals surface area contributed by atoms with Crippen LogP contribution >= 0.6 is 11.3 Å². The highest BCUT2D eigenvalue weighted by Crippen LogP contribution is 2.31. The molecule has 1 N–H and O–H groups in total. The molecule has 0 saturated heterocycles. The van der Waals surface area contributed by atoms with Gasteiger partial charge < -0.3 is 9.72 Å². The Morgan fingerprint density at radius 1 is 1.44 bits per heavy atom. The molecule has 0 atom stereocenters. The highest BCUT2D eigenvalue weighted by atomic mass is 32.1. The van der Waals surface area contributed by atoms with E-state index in [1.807, 2.05) is 0 Å². The molecular formula is C12H9N3O2S. The number of ether oxygens (including phenoxy) is 1. The summed E-state index contributed by atoms with van der Waals surface area (Å²) in [5, 5.41) is 0.949. The van der Waals surface area contributed by atoms with E-state index in [2.05, 4.69) is 21.0 Å². The third-order valence-corrected chi connectivity index (χ3v) is 4.25. The largest absolute Gasteiger partial charge is 0.376 e. The van der Waals surface area contributed by atoms with Crippen molar-refractivity contribution in [3.8, 4) is 0 Å². The van der Waals surface area contributed by atoms with Crippen LogP contribution in [0.5, 0.6) is 0 Å². The Labute approximate surface area is 105 Å². The van der Waals surface area contributed by atoms with Gasteiger partial charge in [-0.3, -0.25) is 4.79 Å². The number of nitrogens with one attached hydrogen (secondary N) is 1. The first-order chi connectivity index (χ1) is 8.83. The molecule has 0 unspecified atom stereocenters. The van der Waals surface area contributed by atoms with E-state index in [0.29, 0.717) is 11.3 Å². The van der Waals surface area contributed by atoms with E-state index in [9.17, 15) is 4.79 Å². The molecule has 4 heterocycles. The smallest absolute Gasteiger partial charge is 0.268 e. The molecule has 18 heavy (non-hydrogen) atoms. The molecule has 5 nitrogen and oxygen atoms in total. The predicted molar refractivity (Wildman–Crippen MR) is 68.9 cm³/mol. The van der Waals surface area contributed by atoms with Crippen LogP contribution in [0.3, 0.4) is 0 Å². The van der Waals surface area contributed by atoms with Crippen LogP contribution < -0.4 is 5.56 Å². The molecule has 0 amide bonds. The van der Waals surface area contributed by atoms with Crippen LogP contribution in [0, 0.1) is 0 Å². The lowest BCUT2D eigenvalue weighted by molar-refractivity contribution is 0.109. The van der Waals surface area contributed by atoms with Crippen LogP contribution in [-0.2, 0) is 17.8 Å². The molecular weight excluding hydrogens is 250 g/mol. The molecule has 6 heteroatoms. The number of aromatic amines is 1. The third-order valence-electron chi connectivity index (χ3n) is 3.16. The SMILES string of the molecule is O=c1[nH]cnc2c1sc1nc3c(cc12)COCC3. The van der Waals surface area contributed by atoms with Crippen molar-refractivity contribution in [2.45, 2.75) is 13.0 Å². The van der Waals surface area contributed by atoms with Crippen molar-refractivity contribution >= 4 is 31.8 Å². The Hall–Kier alpha value is -1.79. The van der Waals surface area contributed by atoms with Gasteiger partial charge in [0, 0.05) is 23.1 Å². The van der Waals surface area contributed by atoms with Crippen LogP contribution in [0.25, 0.3) is 20.4 Å². The lowest BCUT2D eigenvalue weighted by atomic mass is 10.1. The summed E-state index contributed by atoms with van der Waals surface area (Å²) in [6.07, 6.45) is 2.27. The molecule has 0 saturated carbocycles. The van der Waals surface area contributed by atoms with Gasteiger partial charge in [-0.2, -0.15) is 0 Å². The number of rotatable bonds is 0. The molecule has 0 bridgehead atoms. The number of thiophene rings is 1. The number of hydrogen-bond donors (Lipinski definition) is 1. The van der Waals surface area contributed by atoms with Gasteiger partial charge in [0.05, 0.1) is 25.1 Å². The Morgan fingerprint density at radius 2 is 2.39 bits per heavy atom. The predicted octanol–water partition coefficient (Wildman–Crippen LogP) is 1.61. The highest BCUT2D eigenvalue weighted by Gasteiger charge is 2.16. The number of nitrogens with zero attached hydrogens (tertiary/aromatic N) is 2. The summed E-state index contributed by atoms with van der Waals surface area (Å²) in [7, 11) is 0. The second-order valence-corrected chi connectivity index (χ2v) is 5.26. The van der Waals surface area contributed by atoms with E-state index >= 15 is 0 Å². The monoisotopic (exact) mass is 259 g/mol. The zero-order chi connectivity index (χ0) is 12.1. The van der Waals surface area contributed by atoms with Gasteiger partial charge >= 0.3 is 0 Å². The lowest BCUT2D eigenvalue weighted by Gasteiger charge is -2.14. The molecule has 0 aliphatic carbocycles. The summed E-state index contributed by atoms with van der Waals surface area (Å²) in [5.41, 5.74) is 2.82. The minimum atomic E-state index is -0.0998. The highest BCUT2D eigenvalue weighted by molar-refractivity contribution is 7.25. The summed E-state index contributed by atoms with van der Waals surface area (Å²) < 4.78 is 6.07. The van der Waals surface area contributed by atoms with Gasteiger partial charge in [-0.1, -0.05) is 0 Å². The standard InChI is InChI=1S/C12H9N3O2S/c16-11-10-9(13-5-14-11)7-3-6-4-17-2-1-8(6)15-12(7)18-10/h3,5H,1-2,4H2,(H,13,14,16). The van der Waals surface area contributed by atoms with Crippen molar-refractivity contribution in [1.29, 1.82) is 0 Å². The van der Waals surface area contributed by atoms with Gasteiger partial charge in [0.15, 0.2) is 0 Å². The Bertz CT molecular complexity index is 821. The van der Waals surface area contributed by atoms with Gasteiger partial charge in [0.2, 0.25) is 0 Å². The molecule has 0 radical (unpaired) electrons. The molecule has 0 spiro atoms. The third kappa shape index (κ3) is 1.33. The Balaban J connectivity index is 2.16. The van der Waals surface area contributed by atoms with Crippen LogP contribution in [0.2, 0.25) is 0 Å². The van der Waals surface area contributed by atoms with Crippen LogP contribution in [-0.4, -0.2) is 21.6 Å². The maximum atomic E-state index is 11.7. The van der Waals surface area contributed by atoms with Crippen molar-refractivity contribution in [3.05, 3.63) is 34.0 Å². The van der Waals surface area contributed by atoms with Gasteiger partial charge in [-0.05, 0) is 6.07 Å². The van der Waals surface area contributed by atoms with E-state index in [0.717, 1.165) is 40.0 Å². The van der Waals surface area contributed by atoms with E-state index in [1.165, 1.54) is 17.7 Å². The van der Waals surface area contributed by atoms with Crippen molar-refractivity contribution in [3.63, 3.8) is 0 Å². The Morgan fingerprint density at radius 3 is 3.33 bits per heavy atom. The molecule has 0 fully saturated rings. The van der Waals surface area contributed by atoms with E-state index in [1.54, 1.807) is 0 Å². The summed E-state index contributed by atoms with van der Waals surface area (Å²) in [6.45, 7) is 1.31. The number of hydrogen-bond acceptors (Lipinski definition) is 5. The molecule has 3 aromatic heterocycles. The van der Waals surface area contributed by atoms with Crippen molar-refractivity contribution < 1.29 is 4.74 Å². The average molecular weight is 259 g/mol. The summed E-state index contributed by atoms with van der Waals surface area (Å²) in [4.78, 5) is 24.1. The van der Waals surface area contributed by atoms with Crippen LogP contribution in [0.15, 0.2) is 17.2 Å². The van der Waals surface area contributed by atoms with Crippen molar-refractivity contribution in [1.82, 2.24) is 15.0 Å². The minimum absolute atomic E-state index is 0.0998. The quantitative estimate of drug-likeness (QED) is 0.666. The second-order valence-electron chi connectivity index (χ2n) is 4.26. The van der Waals surface area contributed by atoms with Gasteiger partial charge in [-0.15, -0.1) is 11.3 Å². The number of H-pyrrole nitrogens is 1.